The summed E-state index contributed by atoms with van der Waals surface area (Å²) in [6, 6.07) is 14.1. The molecule has 0 aliphatic heterocycles. The van der Waals surface area contributed by atoms with Gasteiger partial charge in [-0.3, -0.25) is 0 Å². The number of halogens is 5. The van der Waals surface area contributed by atoms with Gasteiger partial charge in [0.05, 0.1) is 5.56 Å². The quantitative estimate of drug-likeness (QED) is 0.257. The molecule has 4 rings (SSSR count). The minimum atomic E-state index is -4.49. The highest BCUT2D eigenvalue weighted by atomic mass is 19.4. The maximum Gasteiger partial charge on any atom is 0.416 e. The number of rotatable bonds is 9. The molecule has 1 nitrogen and oxygen atoms in total. The number of hydrogen-bond acceptors (Lipinski definition) is 1. The number of benzene rings is 3. The lowest BCUT2D eigenvalue weighted by Crippen LogP contribution is -2.15. The second kappa shape index (κ2) is 12.1. The normalized spacial score (nSPS) is 18.1. The summed E-state index contributed by atoms with van der Waals surface area (Å²) in [6.45, 7) is 2.20. The summed E-state index contributed by atoms with van der Waals surface area (Å²) in [7, 11) is 0. The molecule has 1 aliphatic rings. The van der Waals surface area contributed by atoms with Gasteiger partial charge in [0, 0.05) is 11.1 Å². The van der Waals surface area contributed by atoms with E-state index in [1.807, 2.05) is 0 Å². The maximum atomic E-state index is 15.8. The summed E-state index contributed by atoms with van der Waals surface area (Å²) in [5.41, 5.74) is -0.0858. The number of unbranched alkanes of at least 4 members (excludes halogenated alkanes) is 1. The van der Waals surface area contributed by atoms with E-state index < -0.39 is 23.4 Å². The Hall–Kier alpha value is -2.89. The topological polar surface area (TPSA) is 9.23 Å². The van der Waals surface area contributed by atoms with Crippen molar-refractivity contribution in [2.45, 2.75) is 70.9 Å². The fourth-order valence-electron chi connectivity index (χ4n) is 5.28. The van der Waals surface area contributed by atoms with Crippen LogP contribution in [0.1, 0.15) is 69.4 Å². The van der Waals surface area contributed by atoms with Gasteiger partial charge in [0.2, 0.25) is 0 Å². The van der Waals surface area contributed by atoms with E-state index in [9.17, 15) is 13.2 Å². The molecule has 1 saturated carbocycles. The molecule has 0 unspecified atom stereocenters. The van der Waals surface area contributed by atoms with Gasteiger partial charge in [0.15, 0.2) is 11.6 Å². The predicted octanol–water partition coefficient (Wildman–Crippen LogP) is 10.4. The molecule has 6 heteroatoms. The van der Waals surface area contributed by atoms with E-state index >= 15 is 8.78 Å². The summed E-state index contributed by atoms with van der Waals surface area (Å²) in [6.07, 6.45) is 4.67. The zero-order valence-electron chi connectivity index (χ0n) is 21.1. The molecule has 1 fully saturated rings. The van der Waals surface area contributed by atoms with E-state index in [1.54, 1.807) is 30.3 Å². The van der Waals surface area contributed by atoms with Crippen molar-refractivity contribution in [1.82, 2.24) is 0 Å². The lowest BCUT2D eigenvalue weighted by atomic mass is 9.78. The predicted molar refractivity (Wildman–Crippen MR) is 137 cm³/mol. The molecule has 0 heterocycles. The largest absolute Gasteiger partial charge is 0.454 e. The minimum absolute atomic E-state index is 0.0327. The van der Waals surface area contributed by atoms with Gasteiger partial charge >= 0.3 is 6.18 Å². The first-order chi connectivity index (χ1) is 17.8. The summed E-state index contributed by atoms with van der Waals surface area (Å²) in [5.74, 6) is -0.357. The highest BCUT2D eigenvalue weighted by molar-refractivity contribution is 5.72. The van der Waals surface area contributed by atoms with Crippen LogP contribution in [0.3, 0.4) is 0 Å². The fraction of sp³-hybridized carbons (Fsp3) is 0.419. The van der Waals surface area contributed by atoms with Crippen LogP contribution in [-0.4, -0.2) is 0 Å². The molecule has 0 N–H and O–H groups in total. The van der Waals surface area contributed by atoms with Gasteiger partial charge in [0.25, 0.3) is 0 Å². The van der Waals surface area contributed by atoms with Crippen LogP contribution in [0.5, 0.6) is 11.5 Å². The average molecular weight is 517 g/mol. The molecule has 0 spiro atoms. The van der Waals surface area contributed by atoms with Crippen molar-refractivity contribution in [3.05, 3.63) is 83.4 Å². The molecule has 198 valence electrons. The summed E-state index contributed by atoms with van der Waals surface area (Å²) >= 11 is 0. The third kappa shape index (κ3) is 6.91. The Balaban J connectivity index is 1.57. The molecule has 0 radical (unpaired) electrons. The van der Waals surface area contributed by atoms with Gasteiger partial charge in [-0.2, -0.15) is 13.2 Å². The highest BCUT2D eigenvalue weighted by Gasteiger charge is 2.30. The van der Waals surface area contributed by atoms with Crippen molar-refractivity contribution in [2.24, 2.45) is 11.8 Å². The molecule has 0 atom stereocenters. The average Bonchev–Trinajstić information content (AvgIpc) is 2.90. The molecular formula is C31H33F5O. The standard InChI is InChI=1S/C31H33F5O/c1-2-3-7-21-10-12-22(13-11-21)14-19-26-28(32)20-27(23-8-5-4-6-9-23)30(29(26)33)37-25-17-15-24(16-18-25)31(34,35)36/h4-6,8-9,15-18,20-22H,2-3,7,10-14,19H2,1H3/t21-,22-. The van der Waals surface area contributed by atoms with Crippen LogP contribution in [0.2, 0.25) is 0 Å². The smallest absolute Gasteiger partial charge is 0.416 e. The van der Waals surface area contributed by atoms with E-state index in [0.717, 1.165) is 43.0 Å². The zero-order chi connectivity index (χ0) is 26.4. The van der Waals surface area contributed by atoms with Gasteiger partial charge in [0.1, 0.15) is 11.6 Å². The van der Waals surface area contributed by atoms with Crippen molar-refractivity contribution >= 4 is 0 Å². The third-order valence-electron chi connectivity index (χ3n) is 7.49. The Bertz CT molecular complexity index is 1150. The molecule has 0 aromatic heterocycles. The Kier molecular flexibility index (Phi) is 8.88. The van der Waals surface area contributed by atoms with Gasteiger partial charge in [-0.15, -0.1) is 0 Å². The van der Waals surface area contributed by atoms with Gasteiger partial charge in [-0.25, -0.2) is 8.78 Å². The molecule has 3 aromatic carbocycles. The van der Waals surface area contributed by atoms with Gasteiger partial charge in [-0.1, -0.05) is 82.2 Å². The minimum Gasteiger partial charge on any atom is -0.454 e. The molecule has 0 saturated heterocycles. The molecule has 1 aliphatic carbocycles. The van der Waals surface area contributed by atoms with Crippen LogP contribution in [0.4, 0.5) is 22.0 Å². The van der Waals surface area contributed by atoms with Crippen LogP contribution in [0, 0.1) is 23.5 Å². The second-order valence-electron chi connectivity index (χ2n) is 10.1. The molecule has 0 amide bonds. The van der Waals surface area contributed by atoms with Crippen molar-refractivity contribution in [3.8, 4) is 22.6 Å². The van der Waals surface area contributed by atoms with Crippen LogP contribution in [0.25, 0.3) is 11.1 Å². The van der Waals surface area contributed by atoms with Crippen molar-refractivity contribution in [2.75, 3.05) is 0 Å². The molecular weight excluding hydrogens is 483 g/mol. The van der Waals surface area contributed by atoms with Crippen LogP contribution >= 0.6 is 0 Å². The fourth-order valence-corrected chi connectivity index (χ4v) is 5.28. The second-order valence-corrected chi connectivity index (χ2v) is 10.1. The number of ether oxygens (including phenoxy) is 1. The zero-order valence-corrected chi connectivity index (χ0v) is 21.1. The Labute approximate surface area is 215 Å². The van der Waals surface area contributed by atoms with E-state index in [1.165, 1.54) is 38.2 Å². The first-order valence-corrected chi connectivity index (χ1v) is 13.2. The molecule has 37 heavy (non-hydrogen) atoms. The van der Waals surface area contributed by atoms with Gasteiger partial charge < -0.3 is 4.74 Å². The van der Waals surface area contributed by atoms with Crippen molar-refractivity contribution in [3.63, 3.8) is 0 Å². The van der Waals surface area contributed by atoms with E-state index in [4.69, 9.17) is 4.74 Å². The van der Waals surface area contributed by atoms with Crippen molar-refractivity contribution in [1.29, 1.82) is 0 Å². The Morgan fingerprint density at radius 2 is 1.46 bits per heavy atom. The van der Waals surface area contributed by atoms with E-state index in [-0.39, 0.29) is 29.0 Å². The summed E-state index contributed by atoms with van der Waals surface area (Å²) < 4.78 is 75.8. The van der Waals surface area contributed by atoms with Crippen LogP contribution in [-0.2, 0) is 12.6 Å². The van der Waals surface area contributed by atoms with E-state index in [2.05, 4.69) is 6.92 Å². The number of hydrogen-bond donors (Lipinski definition) is 0. The molecule has 3 aromatic rings. The summed E-state index contributed by atoms with van der Waals surface area (Å²) in [5, 5.41) is 0. The Morgan fingerprint density at radius 1 is 0.838 bits per heavy atom. The highest BCUT2D eigenvalue weighted by Crippen LogP contribution is 2.41. The van der Waals surface area contributed by atoms with Gasteiger partial charge in [-0.05, 0) is 60.6 Å². The van der Waals surface area contributed by atoms with Crippen LogP contribution < -0.4 is 4.74 Å². The Morgan fingerprint density at radius 3 is 2.05 bits per heavy atom. The number of alkyl halides is 3. The first-order valence-electron chi connectivity index (χ1n) is 13.2. The van der Waals surface area contributed by atoms with E-state index in [0.29, 0.717) is 17.9 Å². The third-order valence-corrected chi connectivity index (χ3v) is 7.49. The first kappa shape index (κ1) is 27.2. The lowest BCUT2D eigenvalue weighted by molar-refractivity contribution is -0.137. The maximum absolute atomic E-state index is 15.8. The summed E-state index contributed by atoms with van der Waals surface area (Å²) in [4.78, 5) is 0. The van der Waals surface area contributed by atoms with Crippen molar-refractivity contribution < 1.29 is 26.7 Å². The lowest BCUT2D eigenvalue weighted by Gasteiger charge is -2.28. The SMILES string of the molecule is CCCC[C@H]1CC[C@H](CCc2c(F)cc(-c3ccccc3)c(Oc3ccc(C(F)(F)F)cc3)c2F)CC1. The monoisotopic (exact) mass is 516 g/mol. The van der Waals surface area contributed by atoms with Crippen LogP contribution in [0.15, 0.2) is 60.7 Å². The molecule has 0 bridgehead atoms.